The number of ether oxygens (including phenoxy) is 1. The molecule has 2 amide bonds. The highest BCUT2D eigenvalue weighted by atomic mass is 16.6. The Morgan fingerprint density at radius 2 is 1.88 bits per heavy atom. The number of nitrogens with zero attached hydrogens (tertiary/aromatic N) is 3. The van der Waals surface area contributed by atoms with Crippen LogP contribution in [0, 0.1) is 6.92 Å². The van der Waals surface area contributed by atoms with Crippen molar-refractivity contribution in [3.8, 4) is 11.5 Å². The second-order valence-electron chi connectivity index (χ2n) is 9.40. The van der Waals surface area contributed by atoms with E-state index in [4.69, 9.17) is 9.26 Å². The van der Waals surface area contributed by atoms with Gasteiger partial charge in [-0.2, -0.15) is 4.98 Å². The monoisotopic (exact) mass is 458 g/mol. The highest BCUT2D eigenvalue weighted by molar-refractivity contribution is 6.01. The Kier molecular flexibility index (Phi) is 6.87. The highest BCUT2D eigenvalue weighted by Crippen LogP contribution is 2.28. The summed E-state index contributed by atoms with van der Waals surface area (Å²) < 4.78 is 10.6. The summed E-state index contributed by atoms with van der Waals surface area (Å²) in [7, 11) is 0. The Bertz CT molecular complexity index is 1020. The molecule has 2 atom stereocenters. The predicted octanol–water partition coefficient (Wildman–Crippen LogP) is 2.95. The van der Waals surface area contributed by atoms with E-state index in [1.807, 2.05) is 0 Å². The molecule has 3 rings (SSSR count). The molecular formula is C23H30N4O6. The average Bonchev–Trinajstić information content (AvgIpc) is 3.39. The topological polar surface area (TPSA) is 135 Å². The fourth-order valence-corrected chi connectivity index (χ4v) is 3.72. The second-order valence-corrected chi connectivity index (χ2v) is 9.40. The van der Waals surface area contributed by atoms with Crippen LogP contribution in [0.3, 0.4) is 0 Å². The minimum atomic E-state index is -1.87. The first-order valence-corrected chi connectivity index (χ1v) is 10.8. The number of carboxylic acids is 1. The van der Waals surface area contributed by atoms with Crippen LogP contribution in [0.15, 0.2) is 28.8 Å². The Morgan fingerprint density at radius 3 is 2.36 bits per heavy atom. The number of aliphatic carboxylic acids is 1. The summed E-state index contributed by atoms with van der Waals surface area (Å²) in [4.78, 5) is 43.9. The van der Waals surface area contributed by atoms with Gasteiger partial charge < -0.3 is 19.7 Å². The van der Waals surface area contributed by atoms with E-state index in [1.165, 1.54) is 6.92 Å². The SMILES string of the molecule is Cc1noc(-c2ccc(C[C@@](C)(C(=O)O)N(C(=O)OC(C)(C)C)C(=O)[C@@H]3CCCN3)cc2)n1. The zero-order valence-electron chi connectivity index (χ0n) is 19.5. The zero-order valence-corrected chi connectivity index (χ0v) is 19.5. The van der Waals surface area contributed by atoms with Crippen LogP contribution in [0.1, 0.15) is 51.9 Å². The highest BCUT2D eigenvalue weighted by Gasteiger charge is 2.49. The van der Waals surface area contributed by atoms with E-state index in [2.05, 4.69) is 15.5 Å². The number of nitrogens with one attached hydrogen (secondary N) is 1. The van der Waals surface area contributed by atoms with Crippen LogP contribution in [0.5, 0.6) is 0 Å². The molecule has 33 heavy (non-hydrogen) atoms. The molecule has 0 radical (unpaired) electrons. The molecule has 1 aliphatic heterocycles. The third-order valence-electron chi connectivity index (χ3n) is 5.39. The van der Waals surface area contributed by atoms with Gasteiger partial charge >= 0.3 is 12.1 Å². The number of imide groups is 1. The van der Waals surface area contributed by atoms with E-state index in [0.29, 0.717) is 35.8 Å². The van der Waals surface area contributed by atoms with Crippen molar-refractivity contribution < 1.29 is 28.8 Å². The van der Waals surface area contributed by atoms with Gasteiger partial charge in [0.15, 0.2) is 11.4 Å². The lowest BCUT2D eigenvalue weighted by atomic mass is 9.90. The van der Waals surface area contributed by atoms with Crippen molar-refractivity contribution in [1.29, 1.82) is 0 Å². The molecule has 1 aromatic heterocycles. The van der Waals surface area contributed by atoms with Gasteiger partial charge in [-0.25, -0.2) is 14.5 Å². The number of carbonyl (C=O) groups is 3. The molecule has 0 bridgehead atoms. The molecule has 0 unspecified atom stereocenters. The number of aryl methyl sites for hydroxylation is 1. The minimum Gasteiger partial charge on any atom is -0.479 e. The van der Waals surface area contributed by atoms with E-state index < -0.39 is 35.2 Å². The number of rotatable bonds is 6. The van der Waals surface area contributed by atoms with Crippen molar-refractivity contribution in [2.24, 2.45) is 0 Å². The van der Waals surface area contributed by atoms with Gasteiger partial charge in [-0.05, 0) is 71.7 Å². The molecule has 0 aliphatic carbocycles. The molecule has 1 aromatic carbocycles. The van der Waals surface area contributed by atoms with Crippen LogP contribution in [0.2, 0.25) is 0 Å². The summed E-state index contributed by atoms with van der Waals surface area (Å²) in [5.74, 6) is -1.07. The van der Waals surface area contributed by atoms with Crippen molar-refractivity contribution >= 4 is 18.0 Å². The number of carboxylic acid groups (broad SMARTS) is 1. The maximum atomic E-state index is 13.3. The van der Waals surface area contributed by atoms with Gasteiger partial charge in [-0.15, -0.1) is 0 Å². The summed E-state index contributed by atoms with van der Waals surface area (Å²) in [6.45, 7) is 8.69. The van der Waals surface area contributed by atoms with Gasteiger partial charge in [-0.3, -0.25) is 4.79 Å². The third kappa shape index (κ3) is 5.57. The molecular weight excluding hydrogens is 428 g/mol. The molecule has 10 nitrogen and oxygen atoms in total. The lowest BCUT2D eigenvalue weighted by molar-refractivity contribution is -0.157. The molecule has 1 aliphatic rings. The first-order valence-electron chi connectivity index (χ1n) is 10.8. The Morgan fingerprint density at radius 1 is 1.21 bits per heavy atom. The van der Waals surface area contributed by atoms with Gasteiger partial charge in [0, 0.05) is 12.0 Å². The van der Waals surface area contributed by atoms with Gasteiger partial charge in [0.2, 0.25) is 5.91 Å². The number of hydrogen-bond acceptors (Lipinski definition) is 8. The Labute approximate surface area is 192 Å². The molecule has 2 aromatic rings. The van der Waals surface area contributed by atoms with Crippen molar-refractivity contribution in [3.05, 3.63) is 35.7 Å². The van der Waals surface area contributed by atoms with Crippen molar-refractivity contribution in [2.45, 2.75) is 71.1 Å². The van der Waals surface area contributed by atoms with Crippen LogP contribution in [0.4, 0.5) is 4.79 Å². The maximum Gasteiger partial charge on any atom is 0.418 e. The third-order valence-corrected chi connectivity index (χ3v) is 5.39. The lowest BCUT2D eigenvalue weighted by Crippen LogP contribution is -2.62. The molecule has 2 heterocycles. The molecule has 178 valence electrons. The molecule has 1 saturated heterocycles. The number of benzene rings is 1. The molecule has 0 saturated carbocycles. The first kappa shape index (κ1) is 24.4. The lowest BCUT2D eigenvalue weighted by Gasteiger charge is -2.38. The van der Waals surface area contributed by atoms with Gasteiger partial charge in [0.25, 0.3) is 5.89 Å². The van der Waals surface area contributed by atoms with Crippen LogP contribution < -0.4 is 5.32 Å². The quantitative estimate of drug-likeness (QED) is 0.670. The Hall–Kier alpha value is -3.27. The van der Waals surface area contributed by atoms with E-state index in [1.54, 1.807) is 52.0 Å². The van der Waals surface area contributed by atoms with Crippen molar-refractivity contribution in [2.75, 3.05) is 6.54 Å². The van der Waals surface area contributed by atoms with Crippen molar-refractivity contribution in [1.82, 2.24) is 20.4 Å². The first-order chi connectivity index (χ1) is 15.4. The second kappa shape index (κ2) is 9.30. The normalized spacial score (nSPS) is 17.9. The summed E-state index contributed by atoms with van der Waals surface area (Å²) >= 11 is 0. The summed E-state index contributed by atoms with van der Waals surface area (Å²) in [6.07, 6.45) is 0.193. The predicted molar refractivity (Wildman–Crippen MR) is 118 cm³/mol. The minimum absolute atomic E-state index is 0.108. The number of amides is 2. The zero-order chi connectivity index (χ0) is 24.4. The van der Waals surface area contributed by atoms with E-state index >= 15 is 0 Å². The van der Waals surface area contributed by atoms with Gasteiger partial charge in [-0.1, -0.05) is 17.3 Å². The summed E-state index contributed by atoms with van der Waals surface area (Å²) in [6, 6.07) is 6.23. The van der Waals surface area contributed by atoms with E-state index in [0.717, 1.165) is 11.3 Å². The Balaban J connectivity index is 1.94. The van der Waals surface area contributed by atoms with Gasteiger partial charge in [0.05, 0.1) is 6.04 Å². The maximum absolute atomic E-state index is 13.3. The summed E-state index contributed by atoms with van der Waals surface area (Å²) in [5.41, 5.74) is -1.49. The fourth-order valence-electron chi connectivity index (χ4n) is 3.72. The molecule has 2 N–H and O–H groups in total. The number of aromatic nitrogens is 2. The standard InChI is InChI=1S/C23H30N4O6/c1-14-25-18(33-26-14)16-10-8-15(9-11-16)13-23(5,20(29)30)27(21(31)32-22(2,3)4)19(28)17-7-6-12-24-17/h8-11,17,24H,6-7,12-13H2,1-5H3,(H,29,30)/t17-,23-/m0/s1. The van der Waals surface area contributed by atoms with Crippen LogP contribution in [0.25, 0.3) is 11.5 Å². The van der Waals surface area contributed by atoms with E-state index in [-0.39, 0.29) is 6.42 Å². The summed E-state index contributed by atoms with van der Waals surface area (Å²) in [5, 5.41) is 17.0. The van der Waals surface area contributed by atoms with Crippen LogP contribution >= 0.6 is 0 Å². The average molecular weight is 459 g/mol. The largest absolute Gasteiger partial charge is 0.479 e. The van der Waals surface area contributed by atoms with Gasteiger partial charge in [0.1, 0.15) is 5.60 Å². The van der Waals surface area contributed by atoms with E-state index in [9.17, 15) is 19.5 Å². The van der Waals surface area contributed by atoms with Crippen molar-refractivity contribution in [3.63, 3.8) is 0 Å². The number of hydrogen-bond donors (Lipinski definition) is 2. The molecule has 1 fully saturated rings. The fraction of sp³-hybridized carbons (Fsp3) is 0.522. The molecule has 10 heteroatoms. The molecule has 0 spiro atoms. The van der Waals surface area contributed by atoms with Crippen LogP contribution in [-0.2, 0) is 20.7 Å². The van der Waals surface area contributed by atoms with Crippen LogP contribution in [-0.4, -0.2) is 61.8 Å². The smallest absolute Gasteiger partial charge is 0.418 e. The number of carbonyl (C=O) groups excluding carboxylic acids is 2.